The van der Waals surface area contributed by atoms with Gasteiger partial charge in [-0.15, -0.1) is 0 Å². The maximum absolute atomic E-state index is 12.2. The average molecular weight is 413 g/mol. The van der Waals surface area contributed by atoms with Gasteiger partial charge in [-0.25, -0.2) is 0 Å². The Balaban J connectivity index is 2.35. The maximum atomic E-state index is 12.2. The summed E-state index contributed by atoms with van der Waals surface area (Å²) in [6.07, 6.45) is 0. The third-order valence-electron chi connectivity index (χ3n) is 3.10. The smallest absolute Gasteiger partial charge is 0.262 e. The molecule has 0 aliphatic carbocycles. The number of nitrogens with zero attached hydrogens (tertiary/aromatic N) is 1. The van der Waals surface area contributed by atoms with E-state index in [0.29, 0.717) is 10.2 Å². The van der Waals surface area contributed by atoms with Gasteiger partial charge in [-0.1, -0.05) is 15.9 Å². The molecule has 8 heteroatoms. The van der Waals surface area contributed by atoms with Crippen LogP contribution < -0.4 is 16.6 Å². The standard InChI is InChI=1S/C13H7Br2N3O3/c14-5-1-2-8(7(15)3-5)18-9(19)4-6-10(11(18)16)13(21)17-12(6)20/h1-4H,16H2,(H,17,20,21). The number of anilines is 1. The SMILES string of the molecule is Nc1c2c(cc(=O)n1-c1ccc(Br)cc1Br)C(=O)NC2=O. The molecular weight excluding hydrogens is 406 g/mol. The molecule has 0 saturated carbocycles. The van der Waals surface area contributed by atoms with E-state index in [4.69, 9.17) is 5.73 Å². The van der Waals surface area contributed by atoms with E-state index in [-0.39, 0.29) is 16.9 Å². The van der Waals surface area contributed by atoms with Crippen molar-refractivity contribution in [1.82, 2.24) is 9.88 Å². The van der Waals surface area contributed by atoms with Crippen molar-refractivity contribution >= 4 is 49.5 Å². The van der Waals surface area contributed by atoms with E-state index in [1.54, 1.807) is 18.2 Å². The molecule has 0 radical (unpaired) electrons. The number of hydrogen-bond acceptors (Lipinski definition) is 4. The first kappa shape index (κ1) is 14.0. The fourth-order valence-corrected chi connectivity index (χ4v) is 3.41. The highest BCUT2D eigenvalue weighted by Gasteiger charge is 2.32. The number of nitrogen functional groups attached to an aromatic ring is 1. The predicted octanol–water partition coefficient (Wildman–Crippen LogP) is 1.83. The van der Waals surface area contributed by atoms with Gasteiger partial charge in [0.15, 0.2) is 0 Å². The number of aromatic nitrogens is 1. The number of hydrogen-bond donors (Lipinski definition) is 2. The van der Waals surface area contributed by atoms with E-state index in [2.05, 4.69) is 37.2 Å². The predicted molar refractivity (Wildman–Crippen MR) is 83.6 cm³/mol. The minimum atomic E-state index is -0.610. The first-order valence-corrected chi connectivity index (χ1v) is 7.35. The number of halogens is 2. The van der Waals surface area contributed by atoms with Gasteiger partial charge in [-0.2, -0.15) is 0 Å². The lowest BCUT2D eigenvalue weighted by atomic mass is 10.1. The Kier molecular flexibility index (Phi) is 3.22. The number of carbonyl (C=O) groups is 2. The Labute approximate surface area is 135 Å². The molecular formula is C13H7Br2N3O3. The highest BCUT2D eigenvalue weighted by atomic mass is 79.9. The van der Waals surface area contributed by atoms with Gasteiger partial charge in [-0.05, 0) is 34.1 Å². The van der Waals surface area contributed by atoms with Crippen LogP contribution in [0.2, 0.25) is 0 Å². The number of benzene rings is 1. The molecule has 2 amide bonds. The summed E-state index contributed by atoms with van der Waals surface area (Å²) in [5.74, 6) is -1.28. The van der Waals surface area contributed by atoms with E-state index < -0.39 is 17.4 Å². The van der Waals surface area contributed by atoms with Crippen LogP contribution in [0.4, 0.5) is 5.82 Å². The zero-order valence-electron chi connectivity index (χ0n) is 10.3. The highest BCUT2D eigenvalue weighted by molar-refractivity contribution is 9.11. The summed E-state index contributed by atoms with van der Waals surface area (Å²) in [6, 6.07) is 6.28. The van der Waals surface area contributed by atoms with Gasteiger partial charge in [-0.3, -0.25) is 24.3 Å². The molecule has 0 saturated heterocycles. The minimum absolute atomic E-state index is 0.00647. The molecule has 2 heterocycles. The molecule has 1 aromatic carbocycles. The van der Waals surface area contributed by atoms with Crippen LogP contribution in [0.3, 0.4) is 0 Å². The molecule has 0 unspecified atom stereocenters. The fourth-order valence-electron chi connectivity index (χ4n) is 2.19. The number of fused-ring (bicyclic) bond motifs is 1. The third-order valence-corrected chi connectivity index (χ3v) is 4.23. The van der Waals surface area contributed by atoms with Gasteiger partial charge in [0.2, 0.25) is 0 Å². The summed E-state index contributed by atoms with van der Waals surface area (Å²) in [7, 11) is 0. The molecule has 6 nitrogen and oxygen atoms in total. The number of nitrogens with two attached hydrogens (primary N) is 1. The van der Waals surface area contributed by atoms with E-state index >= 15 is 0 Å². The summed E-state index contributed by atoms with van der Waals surface area (Å²) in [5, 5.41) is 2.12. The second-order valence-electron chi connectivity index (χ2n) is 4.37. The Morgan fingerprint density at radius 3 is 2.43 bits per heavy atom. The molecule has 0 bridgehead atoms. The summed E-state index contributed by atoms with van der Waals surface area (Å²) < 4.78 is 2.63. The number of pyridine rings is 1. The number of nitrogens with one attached hydrogen (secondary N) is 1. The molecule has 0 atom stereocenters. The van der Waals surface area contributed by atoms with Crippen molar-refractivity contribution in [2.45, 2.75) is 0 Å². The molecule has 3 rings (SSSR count). The summed E-state index contributed by atoms with van der Waals surface area (Å²) in [5.41, 5.74) is 5.97. The first-order chi connectivity index (χ1) is 9.90. The van der Waals surface area contributed by atoms with Gasteiger partial charge in [0.1, 0.15) is 5.82 Å². The second kappa shape index (κ2) is 4.81. The third kappa shape index (κ3) is 2.11. The van der Waals surface area contributed by atoms with E-state index in [1.807, 2.05) is 0 Å². The first-order valence-electron chi connectivity index (χ1n) is 5.77. The number of amides is 2. The van der Waals surface area contributed by atoms with Crippen molar-refractivity contribution in [3.05, 3.63) is 54.7 Å². The maximum Gasteiger partial charge on any atom is 0.262 e. The number of rotatable bonds is 1. The average Bonchev–Trinajstić information content (AvgIpc) is 2.67. The van der Waals surface area contributed by atoms with Gasteiger partial charge < -0.3 is 5.73 Å². The van der Waals surface area contributed by atoms with Gasteiger partial charge in [0.05, 0.1) is 16.8 Å². The Bertz CT molecular complexity index is 874. The number of carbonyl (C=O) groups excluding carboxylic acids is 2. The second-order valence-corrected chi connectivity index (χ2v) is 6.14. The van der Waals surface area contributed by atoms with Crippen LogP contribution in [0.25, 0.3) is 5.69 Å². The van der Waals surface area contributed by atoms with Crippen LogP contribution in [-0.2, 0) is 0 Å². The van der Waals surface area contributed by atoms with Crippen LogP contribution in [0.1, 0.15) is 20.7 Å². The lowest BCUT2D eigenvalue weighted by molar-refractivity contribution is 0.0880. The molecule has 1 aliphatic rings. The van der Waals surface area contributed by atoms with E-state index in [0.717, 1.165) is 10.5 Å². The van der Waals surface area contributed by atoms with E-state index in [1.165, 1.54) is 4.57 Å². The summed E-state index contributed by atoms with van der Waals surface area (Å²) in [6.45, 7) is 0. The lowest BCUT2D eigenvalue weighted by Crippen LogP contribution is -2.24. The van der Waals surface area contributed by atoms with Crippen molar-refractivity contribution in [2.24, 2.45) is 0 Å². The highest BCUT2D eigenvalue weighted by Crippen LogP contribution is 2.28. The van der Waals surface area contributed by atoms with Gasteiger partial charge in [0.25, 0.3) is 17.4 Å². The molecule has 0 fully saturated rings. The van der Waals surface area contributed by atoms with Crippen molar-refractivity contribution in [2.75, 3.05) is 5.73 Å². The van der Waals surface area contributed by atoms with Crippen molar-refractivity contribution in [3.8, 4) is 5.69 Å². The Morgan fingerprint density at radius 2 is 1.76 bits per heavy atom. The monoisotopic (exact) mass is 411 g/mol. The quantitative estimate of drug-likeness (QED) is 0.698. The van der Waals surface area contributed by atoms with Crippen LogP contribution in [-0.4, -0.2) is 16.4 Å². The topological polar surface area (TPSA) is 94.2 Å². The van der Waals surface area contributed by atoms with Crippen LogP contribution in [0.5, 0.6) is 0 Å². The number of imide groups is 1. The van der Waals surface area contributed by atoms with Crippen molar-refractivity contribution in [1.29, 1.82) is 0 Å². The van der Waals surface area contributed by atoms with Crippen LogP contribution >= 0.6 is 31.9 Å². The molecule has 21 heavy (non-hydrogen) atoms. The van der Waals surface area contributed by atoms with Gasteiger partial charge in [0, 0.05) is 15.0 Å². The van der Waals surface area contributed by atoms with Crippen molar-refractivity contribution in [3.63, 3.8) is 0 Å². The molecule has 1 aliphatic heterocycles. The normalized spacial score (nSPS) is 13.2. The fraction of sp³-hybridized carbons (Fsp3) is 0. The van der Waals surface area contributed by atoms with Gasteiger partial charge >= 0.3 is 0 Å². The molecule has 0 spiro atoms. The van der Waals surface area contributed by atoms with Crippen LogP contribution in [0, 0.1) is 0 Å². The molecule has 106 valence electrons. The Morgan fingerprint density at radius 1 is 1.05 bits per heavy atom. The lowest BCUT2D eigenvalue weighted by Gasteiger charge is -2.13. The molecule has 2 aromatic rings. The Hall–Kier alpha value is -1.93. The van der Waals surface area contributed by atoms with Crippen molar-refractivity contribution < 1.29 is 9.59 Å². The zero-order valence-corrected chi connectivity index (χ0v) is 13.5. The van der Waals surface area contributed by atoms with E-state index in [9.17, 15) is 14.4 Å². The largest absolute Gasteiger partial charge is 0.384 e. The summed E-state index contributed by atoms with van der Waals surface area (Å²) >= 11 is 6.66. The van der Waals surface area contributed by atoms with Crippen LogP contribution in [0.15, 0.2) is 38.0 Å². The zero-order chi connectivity index (χ0) is 15.3. The molecule has 1 aromatic heterocycles. The summed E-state index contributed by atoms with van der Waals surface area (Å²) in [4.78, 5) is 35.6. The molecule has 3 N–H and O–H groups in total. The minimum Gasteiger partial charge on any atom is -0.384 e.